The van der Waals surface area contributed by atoms with Gasteiger partial charge in [0, 0.05) is 23.4 Å². The van der Waals surface area contributed by atoms with Crippen LogP contribution in [0.2, 0.25) is 0 Å². The average Bonchev–Trinajstić information content (AvgIpc) is 2.70. The van der Waals surface area contributed by atoms with Crippen LogP contribution in [0.3, 0.4) is 0 Å². The van der Waals surface area contributed by atoms with E-state index in [-0.39, 0.29) is 11.5 Å². The lowest BCUT2D eigenvalue weighted by molar-refractivity contribution is -0.575. The number of pyridine rings is 1. The number of nitrogens with one attached hydrogen (secondary N) is 1. The third-order valence-corrected chi connectivity index (χ3v) is 4.09. The third kappa shape index (κ3) is 4.89. The van der Waals surface area contributed by atoms with Crippen LogP contribution in [-0.4, -0.2) is 16.7 Å². The molecular weight excluding hydrogens is 382 g/mol. The van der Waals surface area contributed by atoms with E-state index in [0.29, 0.717) is 16.2 Å². The molecule has 0 saturated carbocycles. The largest absolute Gasteiger partial charge is 0.502 e. The molecule has 0 aliphatic carbocycles. The molecule has 3 aromatic rings. The van der Waals surface area contributed by atoms with Gasteiger partial charge in [-0.25, -0.2) is 0 Å². The first-order chi connectivity index (χ1) is 13.5. The first-order valence-electron chi connectivity index (χ1n) is 8.36. The van der Waals surface area contributed by atoms with Crippen molar-refractivity contribution in [1.29, 1.82) is 0 Å². The van der Waals surface area contributed by atoms with E-state index in [1.54, 1.807) is 29.1 Å². The van der Waals surface area contributed by atoms with E-state index in [9.17, 15) is 13.9 Å². The van der Waals surface area contributed by atoms with Crippen molar-refractivity contribution >= 4 is 34.3 Å². The van der Waals surface area contributed by atoms with E-state index < -0.39 is 6.61 Å². The van der Waals surface area contributed by atoms with E-state index in [4.69, 9.17) is 12.2 Å². The second-order valence-corrected chi connectivity index (χ2v) is 6.11. The maximum atomic E-state index is 12.3. The lowest BCUT2D eigenvalue weighted by Crippen LogP contribution is -2.38. The molecule has 0 bridgehead atoms. The Morgan fingerprint density at radius 2 is 1.54 bits per heavy atom. The van der Waals surface area contributed by atoms with Crippen LogP contribution in [0.1, 0.15) is 5.56 Å². The van der Waals surface area contributed by atoms with E-state index in [1.807, 2.05) is 36.4 Å². The summed E-state index contributed by atoms with van der Waals surface area (Å²) in [5.74, 6) is -0.0984. The lowest BCUT2D eigenvalue weighted by Gasteiger charge is -2.10. The maximum Gasteiger partial charge on any atom is 0.387 e. The molecule has 2 N–H and O–H groups in total. The Hall–Kier alpha value is -3.32. The summed E-state index contributed by atoms with van der Waals surface area (Å²) in [4.78, 5) is 0.299. The number of ether oxygens (including phenoxy) is 1. The molecule has 7 heteroatoms. The second-order valence-electron chi connectivity index (χ2n) is 5.70. The zero-order valence-electron chi connectivity index (χ0n) is 14.6. The summed E-state index contributed by atoms with van der Waals surface area (Å²) in [5.41, 5.74) is 1.53. The Bertz CT molecular complexity index is 963. The predicted octanol–water partition coefficient (Wildman–Crippen LogP) is 4.90. The van der Waals surface area contributed by atoms with Crippen molar-refractivity contribution in [3.63, 3.8) is 0 Å². The number of anilines is 1. The molecule has 2 aromatic carbocycles. The standard InChI is InChI=1S/C21H16F2N2O2S/c22-21(23)27-17-11-9-15(10-12-17)19(26)18(25-13-5-2-6-14-25)20(28)24-16-7-3-1-4-8-16/h1-14,21H,(H-,24,26,28)/p+1. The zero-order valence-corrected chi connectivity index (χ0v) is 15.4. The number of benzene rings is 2. The Kier molecular flexibility index (Phi) is 6.29. The summed E-state index contributed by atoms with van der Waals surface area (Å²) in [6.45, 7) is -2.91. The van der Waals surface area contributed by atoms with Crippen LogP contribution in [0.15, 0.2) is 85.2 Å². The molecule has 0 amide bonds. The van der Waals surface area contributed by atoms with Gasteiger partial charge >= 0.3 is 6.61 Å². The molecule has 1 aromatic heterocycles. The van der Waals surface area contributed by atoms with Crippen LogP contribution >= 0.6 is 12.2 Å². The summed E-state index contributed by atoms with van der Waals surface area (Å²) in [7, 11) is 0. The summed E-state index contributed by atoms with van der Waals surface area (Å²) < 4.78 is 30.7. The first kappa shape index (κ1) is 19.4. The van der Waals surface area contributed by atoms with Crippen LogP contribution in [0.5, 0.6) is 5.75 Å². The SMILES string of the molecule is O/C(=C(/C(=S)Nc1ccccc1)[n+]1ccccc1)c1ccc(OC(F)F)cc1. The molecule has 0 unspecified atom stereocenters. The Morgan fingerprint density at radius 3 is 2.14 bits per heavy atom. The van der Waals surface area contributed by atoms with Crippen molar-refractivity contribution in [2.75, 3.05) is 5.32 Å². The van der Waals surface area contributed by atoms with Crippen LogP contribution in [-0.2, 0) is 0 Å². The topological polar surface area (TPSA) is 45.4 Å². The summed E-state index contributed by atoms with van der Waals surface area (Å²) in [5, 5.41) is 14.0. The number of halogens is 2. The van der Waals surface area contributed by atoms with Crippen molar-refractivity contribution in [3.05, 3.63) is 90.8 Å². The molecule has 0 radical (unpaired) electrons. The minimum atomic E-state index is -2.91. The van der Waals surface area contributed by atoms with Crippen molar-refractivity contribution < 1.29 is 23.2 Å². The lowest BCUT2D eigenvalue weighted by atomic mass is 10.1. The quantitative estimate of drug-likeness (QED) is 0.268. The fourth-order valence-electron chi connectivity index (χ4n) is 2.54. The van der Waals surface area contributed by atoms with Crippen LogP contribution in [0, 0.1) is 0 Å². The fraction of sp³-hybridized carbons (Fsp3) is 0.0476. The number of para-hydroxylation sites is 1. The molecule has 4 nitrogen and oxygen atoms in total. The number of alkyl halides is 2. The highest BCUT2D eigenvalue weighted by Crippen LogP contribution is 2.22. The first-order valence-corrected chi connectivity index (χ1v) is 8.77. The Balaban J connectivity index is 1.98. The molecule has 0 saturated heterocycles. The molecule has 0 aliphatic rings. The number of aromatic nitrogens is 1. The normalized spacial score (nSPS) is 11.7. The van der Waals surface area contributed by atoms with Crippen molar-refractivity contribution in [2.45, 2.75) is 6.61 Å². The summed E-state index contributed by atoms with van der Waals surface area (Å²) in [6.07, 6.45) is 3.50. The predicted molar refractivity (Wildman–Crippen MR) is 108 cm³/mol. The van der Waals surface area contributed by atoms with Gasteiger partial charge in [-0.2, -0.15) is 13.3 Å². The van der Waals surface area contributed by atoms with Crippen LogP contribution in [0.25, 0.3) is 11.5 Å². The monoisotopic (exact) mass is 399 g/mol. The van der Waals surface area contributed by atoms with Gasteiger partial charge in [-0.05, 0) is 36.4 Å². The number of thiocarbonyl (C=S) groups is 1. The van der Waals surface area contributed by atoms with Gasteiger partial charge in [-0.15, -0.1) is 0 Å². The number of nitrogens with zero attached hydrogens (tertiary/aromatic N) is 1. The van der Waals surface area contributed by atoms with Gasteiger partial charge in [0.15, 0.2) is 23.1 Å². The molecule has 0 aliphatic heterocycles. The van der Waals surface area contributed by atoms with Gasteiger partial charge < -0.3 is 15.2 Å². The van der Waals surface area contributed by atoms with Gasteiger partial charge in [-0.3, -0.25) is 0 Å². The minimum Gasteiger partial charge on any atom is -0.502 e. The average molecular weight is 399 g/mol. The highest BCUT2D eigenvalue weighted by Gasteiger charge is 2.23. The van der Waals surface area contributed by atoms with Crippen molar-refractivity contribution in [1.82, 2.24) is 0 Å². The Morgan fingerprint density at radius 1 is 0.929 bits per heavy atom. The van der Waals surface area contributed by atoms with E-state index in [2.05, 4.69) is 10.1 Å². The molecule has 0 fully saturated rings. The molecule has 142 valence electrons. The molecule has 28 heavy (non-hydrogen) atoms. The van der Waals surface area contributed by atoms with Gasteiger partial charge in [0.25, 0.3) is 5.70 Å². The van der Waals surface area contributed by atoms with Gasteiger partial charge in [0.05, 0.1) is 0 Å². The van der Waals surface area contributed by atoms with E-state index in [0.717, 1.165) is 5.69 Å². The summed E-state index contributed by atoms with van der Waals surface area (Å²) in [6, 6.07) is 20.5. The molecule has 3 rings (SSSR count). The summed E-state index contributed by atoms with van der Waals surface area (Å²) >= 11 is 5.52. The zero-order chi connectivity index (χ0) is 19.9. The number of hydrogen-bond donors (Lipinski definition) is 2. The van der Waals surface area contributed by atoms with Crippen molar-refractivity contribution in [3.8, 4) is 5.75 Å². The minimum absolute atomic E-state index is 0.00505. The number of aliphatic hydroxyl groups is 1. The van der Waals surface area contributed by atoms with Gasteiger partial charge in [0.2, 0.25) is 0 Å². The van der Waals surface area contributed by atoms with Gasteiger partial charge in [0.1, 0.15) is 5.75 Å². The highest BCUT2D eigenvalue weighted by atomic mass is 32.1. The van der Waals surface area contributed by atoms with E-state index >= 15 is 0 Å². The third-order valence-electron chi connectivity index (χ3n) is 3.80. The Labute approximate surface area is 166 Å². The molecule has 1 heterocycles. The highest BCUT2D eigenvalue weighted by molar-refractivity contribution is 7.81. The number of hydrogen-bond acceptors (Lipinski definition) is 3. The molecule has 0 spiro atoms. The smallest absolute Gasteiger partial charge is 0.387 e. The number of aliphatic hydroxyl groups excluding tert-OH is 1. The number of rotatable bonds is 6. The van der Waals surface area contributed by atoms with Crippen LogP contribution in [0.4, 0.5) is 14.5 Å². The molecule has 0 atom stereocenters. The van der Waals surface area contributed by atoms with E-state index in [1.165, 1.54) is 24.3 Å². The second kappa shape index (κ2) is 9.05. The maximum absolute atomic E-state index is 12.3. The molecular formula is C21H17F2N2O2S+. The van der Waals surface area contributed by atoms with Crippen LogP contribution < -0.4 is 14.6 Å². The van der Waals surface area contributed by atoms with Gasteiger partial charge in [-0.1, -0.05) is 36.5 Å². The fourth-order valence-corrected chi connectivity index (χ4v) is 2.86. The van der Waals surface area contributed by atoms with Crippen molar-refractivity contribution in [2.24, 2.45) is 0 Å².